The zero-order valence-electron chi connectivity index (χ0n) is 14.1. The maximum Gasteiger partial charge on any atom is 0.141 e. The van der Waals surface area contributed by atoms with Crippen LogP contribution >= 0.6 is 0 Å². The fourth-order valence-electron chi connectivity index (χ4n) is 2.95. The third kappa shape index (κ3) is 2.81. The van der Waals surface area contributed by atoms with Gasteiger partial charge in [-0.3, -0.25) is 9.97 Å². The van der Waals surface area contributed by atoms with Crippen molar-refractivity contribution < 1.29 is 9.47 Å². The van der Waals surface area contributed by atoms with Crippen molar-refractivity contribution in [1.29, 1.82) is 0 Å². The van der Waals surface area contributed by atoms with E-state index in [0.717, 1.165) is 44.5 Å². The van der Waals surface area contributed by atoms with Gasteiger partial charge in [-0.2, -0.15) is 0 Å². The number of ether oxygens (including phenoxy) is 2. The molecule has 4 rings (SSSR count). The second kappa shape index (κ2) is 6.49. The first-order valence-electron chi connectivity index (χ1n) is 8.07. The quantitative estimate of drug-likeness (QED) is 0.565. The molecule has 0 atom stereocenters. The van der Waals surface area contributed by atoms with Gasteiger partial charge in [0.2, 0.25) is 0 Å². The zero-order chi connectivity index (χ0) is 17.2. The third-order valence-electron chi connectivity index (χ3n) is 4.22. The van der Waals surface area contributed by atoms with Crippen LogP contribution in [0.25, 0.3) is 33.2 Å². The molecule has 0 saturated carbocycles. The lowest BCUT2D eigenvalue weighted by molar-refractivity contribution is 0.146. The third-order valence-corrected chi connectivity index (χ3v) is 4.22. The number of aromatic nitrogens is 4. The van der Waals surface area contributed by atoms with E-state index in [0.29, 0.717) is 13.2 Å². The van der Waals surface area contributed by atoms with E-state index in [-0.39, 0.29) is 0 Å². The minimum atomic E-state index is 0.495. The molecule has 0 radical (unpaired) electrons. The summed E-state index contributed by atoms with van der Waals surface area (Å²) in [6.07, 6.45) is 7.15. The molecule has 4 heterocycles. The number of nitrogens with zero attached hydrogens (tertiary/aromatic N) is 3. The van der Waals surface area contributed by atoms with Crippen LogP contribution in [0.5, 0.6) is 5.75 Å². The number of pyridine rings is 3. The van der Waals surface area contributed by atoms with Crippen molar-refractivity contribution >= 4 is 21.9 Å². The van der Waals surface area contributed by atoms with Crippen LogP contribution in [0, 0.1) is 6.92 Å². The predicted octanol–water partition coefficient (Wildman–Crippen LogP) is 3.51. The molecule has 0 aliphatic carbocycles. The van der Waals surface area contributed by atoms with Crippen LogP contribution in [-0.2, 0) is 4.74 Å². The lowest BCUT2D eigenvalue weighted by Gasteiger charge is -2.09. The first-order chi connectivity index (χ1) is 12.3. The number of nitrogens with one attached hydrogen (secondary N) is 1. The van der Waals surface area contributed by atoms with Crippen molar-refractivity contribution in [2.75, 3.05) is 20.3 Å². The van der Waals surface area contributed by atoms with E-state index in [2.05, 4.69) is 26.0 Å². The van der Waals surface area contributed by atoms with Crippen LogP contribution in [0.4, 0.5) is 0 Å². The molecular weight excluding hydrogens is 316 g/mol. The summed E-state index contributed by atoms with van der Waals surface area (Å²) < 4.78 is 10.8. The fourth-order valence-corrected chi connectivity index (χ4v) is 2.95. The van der Waals surface area contributed by atoms with Crippen molar-refractivity contribution in [2.24, 2.45) is 0 Å². The minimum absolute atomic E-state index is 0.495. The van der Waals surface area contributed by atoms with Gasteiger partial charge in [0, 0.05) is 41.4 Å². The number of rotatable bonds is 5. The molecule has 0 unspecified atom stereocenters. The van der Waals surface area contributed by atoms with Crippen molar-refractivity contribution in [1.82, 2.24) is 19.9 Å². The van der Waals surface area contributed by atoms with E-state index in [1.807, 2.05) is 31.5 Å². The van der Waals surface area contributed by atoms with E-state index >= 15 is 0 Å². The Morgan fingerprint density at radius 1 is 1.12 bits per heavy atom. The largest absolute Gasteiger partial charge is 0.489 e. The first kappa shape index (κ1) is 15.5. The van der Waals surface area contributed by atoms with Crippen LogP contribution in [0.15, 0.2) is 43.0 Å². The summed E-state index contributed by atoms with van der Waals surface area (Å²) in [6, 6.07) is 5.98. The Balaban J connectivity index is 1.85. The fraction of sp³-hybridized carbons (Fsp3) is 0.211. The monoisotopic (exact) mass is 334 g/mol. The van der Waals surface area contributed by atoms with Crippen LogP contribution in [0.2, 0.25) is 0 Å². The van der Waals surface area contributed by atoms with Gasteiger partial charge in [-0.1, -0.05) is 0 Å². The Morgan fingerprint density at radius 2 is 2.04 bits per heavy atom. The Hall–Kier alpha value is -2.99. The molecule has 0 aromatic carbocycles. The van der Waals surface area contributed by atoms with Gasteiger partial charge < -0.3 is 14.5 Å². The maximum absolute atomic E-state index is 5.79. The Bertz CT molecular complexity index is 1030. The summed E-state index contributed by atoms with van der Waals surface area (Å²) in [6.45, 7) is 3.08. The summed E-state index contributed by atoms with van der Waals surface area (Å²) in [5.74, 6) is 0.769. The lowest BCUT2D eigenvalue weighted by atomic mass is 10.1. The van der Waals surface area contributed by atoms with Gasteiger partial charge >= 0.3 is 0 Å². The molecule has 6 nitrogen and oxygen atoms in total. The molecule has 1 N–H and O–H groups in total. The number of aromatic amines is 1. The summed E-state index contributed by atoms with van der Waals surface area (Å²) in [7, 11) is 1.66. The van der Waals surface area contributed by atoms with Gasteiger partial charge in [-0.15, -0.1) is 0 Å². The number of H-pyrrole nitrogens is 1. The maximum atomic E-state index is 5.79. The van der Waals surface area contributed by atoms with Crippen LogP contribution in [0.1, 0.15) is 5.56 Å². The second-order valence-corrected chi connectivity index (χ2v) is 5.79. The summed E-state index contributed by atoms with van der Waals surface area (Å²) in [5, 5.41) is 2.13. The summed E-state index contributed by atoms with van der Waals surface area (Å²) in [5.41, 5.74) is 4.70. The molecule has 4 aromatic rings. The number of hydrogen-bond acceptors (Lipinski definition) is 5. The van der Waals surface area contributed by atoms with Gasteiger partial charge in [0.1, 0.15) is 18.0 Å². The van der Waals surface area contributed by atoms with Gasteiger partial charge in [0.05, 0.1) is 30.2 Å². The van der Waals surface area contributed by atoms with Crippen molar-refractivity contribution in [3.8, 4) is 17.0 Å². The first-order valence-corrected chi connectivity index (χ1v) is 8.07. The molecule has 0 aliphatic heterocycles. The molecular formula is C19H18N4O2. The molecule has 0 amide bonds. The highest BCUT2D eigenvalue weighted by molar-refractivity contribution is 6.08. The normalized spacial score (nSPS) is 11.3. The molecule has 25 heavy (non-hydrogen) atoms. The minimum Gasteiger partial charge on any atom is -0.489 e. The molecule has 0 saturated heterocycles. The topological polar surface area (TPSA) is 72.9 Å². The molecule has 0 aliphatic rings. The van der Waals surface area contributed by atoms with E-state index in [9.17, 15) is 0 Å². The van der Waals surface area contributed by atoms with Crippen LogP contribution in [0.3, 0.4) is 0 Å². The molecule has 0 spiro atoms. The van der Waals surface area contributed by atoms with E-state index in [4.69, 9.17) is 9.47 Å². The Labute approximate surface area is 144 Å². The highest BCUT2D eigenvalue weighted by atomic mass is 16.5. The molecule has 4 aromatic heterocycles. The highest BCUT2D eigenvalue weighted by Gasteiger charge is 2.13. The van der Waals surface area contributed by atoms with Crippen molar-refractivity contribution in [3.05, 3.63) is 48.5 Å². The number of hydrogen-bond donors (Lipinski definition) is 1. The second-order valence-electron chi connectivity index (χ2n) is 5.79. The zero-order valence-corrected chi connectivity index (χ0v) is 14.1. The lowest BCUT2D eigenvalue weighted by Crippen LogP contribution is -2.05. The SMILES string of the molecule is COCCOc1cnc2[nH]c3cnc(-c4cccnc4)cc3c2c1C. The van der Waals surface area contributed by atoms with E-state index in [1.54, 1.807) is 19.5 Å². The van der Waals surface area contributed by atoms with E-state index in [1.165, 1.54) is 0 Å². The van der Waals surface area contributed by atoms with Crippen molar-refractivity contribution in [3.63, 3.8) is 0 Å². The van der Waals surface area contributed by atoms with Gasteiger partial charge in [-0.05, 0) is 25.1 Å². The smallest absolute Gasteiger partial charge is 0.141 e. The predicted molar refractivity (Wildman–Crippen MR) is 96.7 cm³/mol. The molecule has 0 bridgehead atoms. The average molecular weight is 334 g/mol. The number of aryl methyl sites for hydroxylation is 1. The Kier molecular flexibility index (Phi) is 4.03. The van der Waals surface area contributed by atoms with Gasteiger partial charge in [-0.25, -0.2) is 4.98 Å². The van der Waals surface area contributed by atoms with Crippen LogP contribution < -0.4 is 4.74 Å². The van der Waals surface area contributed by atoms with Gasteiger partial charge in [0.15, 0.2) is 0 Å². The summed E-state index contributed by atoms with van der Waals surface area (Å²) in [4.78, 5) is 16.5. The molecule has 6 heteroatoms. The van der Waals surface area contributed by atoms with Crippen molar-refractivity contribution in [2.45, 2.75) is 6.92 Å². The number of fused-ring (bicyclic) bond motifs is 3. The molecule has 126 valence electrons. The average Bonchev–Trinajstić information content (AvgIpc) is 3.03. The number of methoxy groups -OCH3 is 1. The standard InChI is InChI=1S/C19H18N4O2/c1-12-17(25-7-6-24-2)11-22-19-18(12)14-8-15(21-10-16(14)23-19)13-4-3-5-20-9-13/h3-5,8-11H,6-7H2,1-2H3,(H,22,23). The van der Waals surface area contributed by atoms with E-state index < -0.39 is 0 Å². The Morgan fingerprint density at radius 3 is 2.84 bits per heavy atom. The highest BCUT2D eigenvalue weighted by Crippen LogP contribution is 2.33. The summed E-state index contributed by atoms with van der Waals surface area (Å²) >= 11 is 0. The van der Waals surface area contributed by atoms with Gasteiger partial charge in [0.25, 0.3) is 0 Å². The molecule has 0 fully saturated rings. The van der Waals surface area contributed by atoms with Crippen LogP contribution in [-0.4, -0.2) is 40.3 Å².